The van der Waals surface area contributed by atoms with Crippen LogP contribution in [0.5, 0.6) is 0 Å². The van der Waals surface area contributed by atoms with Gasteiger partial charge in [0.05, 0.1) is 16.6 Å². The number of benzene rings is 1. The first-order valence-electron chi connectivity index (χ1n) is 7.45. The SMILES string of the molecule is Cc1nc2cccc(C(=O)O)c2n1C1CCCCC1CO. The third kappa shape index (κ3) is 2.31. The molecule has 3 rings (SSSR count). The van der Waals surface area contributed by atoms with Crippen molar-refractivity contribution in [1.29, 1.82) is 0 Å². The molecule has 0 aliphatic heterocycles. The van der Waals surface area contributed by atoms with Crippen molar-refractivity contribution in [2.24, 2.45) is 5.92 Å². The van der Waals surface area contributed by atoms with Crippen LogP contribution in [-0.4, -0.2) is 32.3 Å². The number of nitrogens with zero attached hydrogens (tertiary/aromatic N) is 2. The van der Waals surface area contributed by atoms with Gasteiger partial charge in [-0.15, -0.1) is 0 Å². The third-order valence-electron chi connectivity index (χ3n) is 4.55. The molecule has 112 valence electrons. The molecule has 0 spiro atoms. The number of aromatic carboxylic acids is 1. The van der Waals surface area contributed by atoms with Crippen LogP contribution < -0.4 is 0 Å². The lowest BCUT2D eigenvalue weighted by Crippen LogP contribution is -2.27. The van der Waals surface area contributed by atoms with Gasteiger partial charge in [-0.2, -0.15) is 0 Å². The van der Waals surface area contributed by atoms with E-state index in [1.807, 2.05) is 17.6 Å². The molecule has 0 saturated heterocycles. The second-order valence-electron chi connectivity index (χ2n) is 5.80. The summed E-state index contributed by atoms with van der Waals surface area (Å²) in [5.74, 6) is 0.0684. The number of aliphatic hydroxyl groups is 1. The lowest BCUT2D eigenvalue weighted by atomic mass is 9.84. The lowest BCUT2D eigenvalue weighted by Gasteiger charge is -2.32. The molecular weight excluding hydrogens is 268 g/mol. The minimum Gasteiger partial charge on any atom is -0.478 e. The topological polar surface area (TPSA) is 75.3 Å². The number of aliphatic hydroxyl groups excluding tert-OH is 1. The largest absolute Gasteiger partial charge is 0.478 e. The van der Waals surface area contributed by atoms with Crippen molar-refractivity contribution in [3.63, 3.8) is 0 Å². The number of rotatable bonds is 3. The van der Waals surface area contributed by atoms with Crippen molar-refractivity contribution >= 4 is 17.0 Å². The third-order valence-corrected chi connectivity index (χ3v) is 4.55. The number of para-hydroxylation sites is 1. The summed E-state index contributed by atoms with van der Waals surface area (Å²) < 4.78 is 2.04. The minimum atomic E-state index is -0.932. The van der Waals surface area contributed by atoms with Gasteiger partial charge in [0.1, 0.15) is 5.82 Å². The zero-order valence-corrected chi connectivity index (χ0v) is 12.1. The van der Waals surface area contributed by atoms with Crippen LogP contribution in [0, 0.1) is 12.8 Å². The zero-order valence-electron chi connectivity index (χ0n) is 12.1. The highest BCUT2D eigenvalue weighted by Crippen LogP contribution is 2.37. The Bertz CT molecular complexity index is 677. The zero-order chi connectivity index (χ0) is 15.0. The Balaban J connectivity index is 2.21. The predicted molar refractivity (Wildman–Crippen MR) is 79.5 cm³/mol. The average molecular weight is 288 g/mol. The summed E-state index contributed by atoms with van der Waals surface area (Å²) in [5, 5.41) is 19.1. The highest BCUT2D eigenvalue weighted by atomic mass is 16.4. The van der Waals surface area contributed by atoms with E-state index in [4.69, 9.17) is 0 Å². The van der Waals surface area contributed by atoms with Gasteiger partial charge in [0.25, 0.3) is 0 Å². The Morgan fingerprint density at radius 1 is 1.38 bits per heavy atom. The average Bonchev–Trinajstić information content (AvgIpc) is 2.82. The maximum absolute atomic E-state index is 11.5. The first kappa shape index (κ1) is 14.1. The van der Waals surface area contributed by atoms with Crippen molar-refractivity contribution in [3.8, 4) is 0 Å². The van der Waals surface area contributed by atoms with E-state index >= 15 is 0 Å². The number of carbonyl (C=O) groups is 1. The van der Waals surface area contributed by atoms with Crippen LogP contribution in [0.25, 0.3) is 11.0 Å². The standard InChI is InChI=1S/C16H20N2O3/c1-10-17-13-7-4-6-12(16(20)21)15(13)18(10)14-8-3-2-5-11(14)9-19/h4,6-7,11,14,19H,2-3,5,8-9H2,1H3,(H,20,21). The van der Waals surface area contributed by atoms with Crippen molar-refractivity contribution in [2.75, 3.05) is 6.61 Å². The van der Waals surface area contributed by atoms with Crippen molar-refractivity contribution < 1.29 is 15.0 Å². The molecule has 21 heavy (non-hydrogen) atoms. The van der Waals surface area contributed by atoms with Crippen LogP contribution >= 0.6 is 0 Å². The summed E-state index contributed by atoms with van der Waals surface area (Å²) in [6.45, 7) is 2.05. The van der Waals surface area contributed by atoms with Gasteiger partial charge >= 0.3 is 5.97 Å². The number of aromatic nitrogens is 2. The van der Waals surface area contributed by atoms with Crippen LogP contribution in [0.4, 0.5) is 0 Å². The molecule has 0 amide bonds. The normalized spacial score (nSPS) is 22.6. The number of fused-ring (bicyclic) bond motifs is 1. The maximum atomic E-state index is 11.5. The summed E-state index contributed by atoms with van der Waals surface area (Å²) in [6, 6.07) is 5.34. The molecule has 5 nitrogen and oxygen atoms in total. The molecule has 2 N–H and O–H groups in total. The van der Waals surface area contributed by atoms with E-state index in [1.54, 1.807) is 12.1 Å². The van der Waals surface area contributed by atoms with Gasteiger partial charge < -0.3 is 14.8 Å². The van der Waals surface area contributed by atoms with Crippen LogP contribution in [-0.2, 0) is 0 Å². The summed E-state index contributed by atoms with van der Waals surface area (Å²) in [4.78, 5) is 16.0. The number of carboxylic acids is 1. The van der Waals surface area contributed by atoms with E-state index in [-0.39, 0.29) is 24.1 Å². The van der Waals surface area contributed by atoms with E-state index in [2.05, 4.69) is 4.98 Å². The number of hydrogen-bond acceptors (Lipinski definition) is 3. The Hall–Kier alpha value is -1.88. The second-order valence-corrected chi connectivity index (χ2v) is 5.80. The molecule has 1 aliphatic carbocycles. The number of imidazole rings is 1. The first-order chi connectivity index (χ1) is 10.1. The number of carboxylic acid groups (broad SMARTS) is 1. The number of aryl methyl sites for hydroxylation is 1. The monoisotopic (exact) mass is 288 g/mol. The molecule has 1 fully saturated rings. The van der Waals surface area contributed by atoms with Gasteiger partial charge in [0.2, 0.25) is 0 Å². The van der Waals surface area contributed by atoms with Gasteiger partial charge in [-0.3, -0.25) is 0 Å². The van der Waals surface area contributed by atoms with Gasteiger partial charge in [-0.05, 0) is 31.9 Å². The molecule has 2 unspecified atom stereocenters. The molecule has 0 bridgehead atoms. The molecule has 1 aliphatic rings. The fraction of sp³-hybridized carbons (Fsp3) is 0.500. The smallest absolute Gasteiger partial charge is 0.337 e. The molecule has 1 saturated carbocycles. The quantitative estimate of drug-likeness (QED) is 0.910. The Labute approximate surface area is 123 Å². The first-order valence-corrected chi connectivity index (χ1v) is 7.45. The molecular formula is C16H20N2O3. The Morgan fingerprint density at radius 3 is 2.86 bits per heavy atom. The Kier molecular flexibility index (Phi) is 3.68. The summed E-state index contributed by atoms with van der Waals surface area (Å²) >= 11 is 0. The van der Waals surface area contributed by atoms with E-state index in [0.29, 0.717) is 5.52 Å². The molecule has 1 aromatic carbocycles. The van der Waals surface area contributed by atoms with Crippen LogP contribution in [0.15, 0.2) is 18.2 Å². The summed E-state index contributed by atoms with van der Waals surface area (Å²) in [6.07, 6.45) is 4.18. The van der Waals surface area contributed by atoms with Crippen molar-refractivity contribution in [2.45, 2.75) is 38.6 Å². The highest BCUT2D eigenvalue weighted by molar-refractivity contribution is 6.01. The molecule has 1 heterocycles. The fourth-order valence-electron chi connectivity index (χ4n) is 3.58. The molecule has 0 radical (unpaired) electrons. The Morgan fingerprint density at radius 2 is 2.14 bits per heavy atom. The van der Waals surface area contributed by atoms with E-state index in [1.165, 1.54) is 0 Å². The maximum Gasteiger partial charge on any atom is 0.337 e. The van der Waals surface area contributed by atoms with Gasteiger partial charge in [-0.25, -0.2) is 9.78 Å². The molecule has 5 heteroatoms. The summed E-state index contributed by atoms with van der Waals surface area (Å²) in [5.41, 5.74) is 1.69. The highest BCUT2D eigenvalue weighted by Gasteiger charge is 2.29. The van der Waals surface area contributed by atoms with Gasteiger partial charge in [0, 0.05) is 18.6 Å². The van der Waals surface area contributed by atoms with E-state index in [9.17, 15) is 15.0 Å². The van der Waals surface area contributed by atoms with Crippen LogP contribution in [0.3, 0.4) is 0 Å². The molecule has 2 aromatic rings. The van der Waals surface area contributed by atoms with E-state index in [0.717, 1.165) is 37.0 Å². The number of hydrogen-bond donors (Lipinski definition) is 2. The second kappa shape index (κ2) is 5.48. The van der Waals surface area contributed by atoms with Gasteiger partial charge in [0.15, 0.2) is 0 Å². The van der Waals surface area contributed by atoms with Crippen molar-refractivity contribution in [1.82, 2.24) is 9.55 Å². The molecule has 2 atom stereocenters. The fourth-order valence-corrected chi connectivity index (χ4v) is 3.58. The summed E-state index contributed by atoms with van der Waals surface area (Å²) in [7, 11) is 0. The van der Waals surface area contributed by atoms with Crippen LogP contribution in [0.1, 0.15) is 47.9 Å². The van der Waals surface area contributed by atoms with Crippen molar-refractivity contribution in [3.05, 3.63) is 29.6 Å². The lowest BCUT2D eigenvalue weighted by molar-refractivity contribution is 0.0698. The predicted octanol–water partition coefficient (Wildman–Crippen LogP) is 2.77. The molecule has 1 aromatic heterocycles. The van der Waals surface area contributed by atoms with Crippen LogP contribution in [0.2, 0.25) is 0 Å². The minimum absolute atomic E-state index is 0.134. The van der Waals surface area contributed by atoms with E-state index < -0.39 is 5.97 Å². The van der Waals surface area contributed by atoms with Gasteiger partial charge in [-0.1, -0.05) is 18.9 Å².